The lowest BCUT2D eigenvalue weighted by molar-refractivity contribution is 0.182. The SMILES string of the molecule is CC(O)CCCC#CSI. The summed E-state index contributed by atoms with van der Waals surface area (Å²) in [7, 11) is 1.51. The molecular formula is C7H11IOS. The molecule has 0 fully saturated rings. The van der Waals surface area contributed by atoms with Crippen molar-refractivity contribution in [3.05, 3.63) is 0 Å². The molecule has 0 aliphatic carbocycles. The van der Waals surface area contributed by atoms with E-state index in [1.807, 2.05) is 0 Å². The molecular weight excluding hydrogens is 259 g/mol. The third kappa shape index (κ3) is 8.60. The fraction of sp³-hybridized carbons (Fsp3) is 0.714. The monoisotopic (exact) mass is 270 g/mol. The van der Waals surface area contributed by atoms with E-state index in [9.17, 15) is 0 Å². The first-order valence-electron chi connectivity index (χ1n) is 3.21. The number of aliphatic hydroxyl groups is 1. The highest BCUT2D eigenvalue weighted by molar-refractivity contribution is 14.2. The van der Waals surface area contributed by atoms with Crippen molar-refractivity contribution in [3.63, 3.8) is 0 Å². The number of hydrogen-bond acceptors (Lipinski definition) is 2. The highest BCUT2D eigenvalue weighted by atomic mass is 127. The topological polar surface area (TPSA) is 20.2 Å². The van der Waals surface area contributed by atoms with Gasteiger partial charge in [0, 0.05) is 27.6 Å². The summed E-state index contributed by atoms with van der Waals surface area (Å²) in [6.45, 7) is 1.81. The Morgan fingerprint density at radius 3 is 2.90 bits per heavy atom. The molecule has 0 aliphatic heterocycles. The summed E-state index contributed by atoms with van der Waals surface area (Å²) in [6.07, 6.45) is 2.60. The van der Waals surface area contributed by atoms with Gasteiger partial charge < -0.3 is 5.11 Å². The Bertz CT molecular complexity index is 125. The lowest BCUT2D eigenvalue weighted by Gasteiger charge is -1.98. The number of hydrogen-bond donors (Lipinski definition) is 1. The van der Waals surface area contributed by atoms with Crippen molar-refractivity contribution in [2.24, 2.45) is 0 Å². The molecule has 1 nitrogen and oxygen atoms in total. The minimum atomic E-state index is -0.172. The largest absolute Gasteiger partial charge is 0.393 e. The average molecular weight is 270 g/mol. The van der Waals surface area contributed by atoms with E-state index < -0.39 is 0 Å². The predicted octanol–water partition coefficient (Wildman–Crippen LogP) is 2.58. The molecule has 0 aliphatic rings. The van der Waals surface area contributed by atoms with Crippen LogP contribution in [0.25, 0.3) is 0 Å². The summed E-state index contributed by atoms with van der Waals surface area (Å²) in [5, 5.41) is 11.7. The van der Waals surface area contributed by atoms with Gasteiger partial charge in [-0.1, -0.05) is 5.92 Å². The zero-order chi connectivity index (χ0) is 7.82. The molecule has 0 aromatic carbocycles. The molecule has 0 heterocycles. The third-order valence-electron chi connectivity index (χ3n) is 1.03. The van der Waals surface area contributed by atoms with Crippen LogP contribution in [0.5, 0.6) is 0 Å². The van der Waals surface area contributed by atoms with E-state index in [0.717, 1.165) is 19.3 Å². The van der Waals surface area contributed by atoms with Gasteiger partial charge in [-0.2, -0.15) is 0 Å². The van der Waals surface area contributed by atoms with Crippen LogP contribution in [-0.4, -0.2) is 11.2 Å². The first kappa shape index (κ1) is 10.6. The minimum Gasteiger partial charge on any atom is -0.393 e. The summed E-state index contributed by atoms with van der Waals surface area (Å²) >= 11 is 2.15. The van der Waals surface area contributed by atoms with Gasteiger partial charge in [0.2, 0.25) is 0 Å². The summed E-state index contributed by atoms with van der Waals surface area (Å²) in [4.78, 5) is 0. The van der Waals surface area contributed by atoms with Crippen LogP contribution in [0, 0.1) is 11.2 Å². The van der Waals surface area contributed by atoms with Crippen LogP contribution in [0.15, 0.2) is 0 Å². The second-order valence-electron chi connectivity index (χ2n) is 2.10. The second kappa shape index (κ2) is 7.70. The maximum absolute atomic E-state index is 8.85. The minimum absolute atomic E-state index is 0.172. The van der Waals surface area contributed by atoms with E-state index in [1.54, 1.807) is 6.92 Å². The number of unbranched alkanes of at least 4 members (excludes halogenated alkanes) is 1. The Hall–Kier alpha value is 0.600. The Kier molecular flexibility index (Phi) is 8.17. The normalized spacial score (nSPS) is 11.9. The summed E-state index contributed by atoms with van der Waals surface area (Å²) in [5.41, 5.74) is 0. The zero-order valence-electron chi connectivity index (χ0n) is 5.93. The van der Waals surface area contributed by atoms with E-state index in [1.165, 1.54) is 8.93 Å². The average Bonchev–Trinajstić information content (AvgIpc) is 1.87. The Morgan fingerprint density at radius 2 is 2.40 bits per heavy atom. The van der Waals surface area contributed by atoms with Crippen LogP contribution < -0.4 is 0 Å². The highest BCUT2D eigenvalue weighted by Crippen LogP contribution is 2.07. The lowest BCUT2D eigenvalue weighted by atomic mass is 10.2. The van der Waals surface area contributed by atoms with Crippen molar-refractivity contribution in [1.29, 1.82) is 0 Å². The second-order valence-corrected chi connectivity index (χ2v) is 3.78. The predicted molar refractivity (Wildman–Crippen MR) is 54.9 cm³/mol. The van der Waals surface area contributed by atoms with Gasteiger partial charge in [-0.05, 0) is 34.0 Å². The number of halogens is 1. The molecule has 0 saturated heterocycles. The smallest absolute Gasteiger partial charge is 0.0512 e. The Balaban J connectivity index is 3.05. The first-order chi connectivity index (χ1) is 4.77. The molecule has 0 bridgehead atoms. The number of rotatable bonds is 3. The van der Waals surface area contributed by atoms with Crippen LogP contribution in [0.2, 0.25) is 0 Å². The first-order valence-corrected chi connectivity index (χ1v) is 6.57. The van der Waals surface area contributed by atoms with Crippen LogP contribution >= 0.6 is 30.1 Å². The number of aliphatic hydroxyl groups excluding tert-OH is 1. The van der Waals surface area contributed by atoms with Gasteiger partial charge in [-0.15, -0.1) is 0 Å². The quantitative estimate of drug-likeness (QED) is 0.483. The highest BCUT2D eigenvalue weighted by Gasteiger charge is 1.91. The fourth-order valence-electron chi connectivity index (χ4n) is 0.564. The molecule has 1 unspecified atom stereocenters. The van der Waals surface area contributed by atoms with Gasteiger partial charge in [0.15, 0.2) is 0 Å². The molecule has 0 rings (SSSR count). The maximum Gasteiger partial charge on any atom is 0.0512 e. The molecule has 0 amide bonds. The molecule has 0 aromatic rings. The summed E-state index contributed by atoms with van der Waals surface area (Å²) in [5.74, 6) is 2.98. The maximum atomic E-state index is 8.85. The van der Waals surface area contributed by atoms with Gasteiger partial charge in [-0.25, -0.2) is 0 Å². The van der Waals surface area contributed by atoms with Gasteiger partial charge in [0.05, 0.1) is 6.10 Å². The molecule has 0 saturated carbocycles. The van der Waals surface area contributed by atoms with Gasteiger partial charge in [0.25, 0.3) is 0 Å². The van der Waals surface area contributed by atoms with E-state index in [-0.39, 0.29) is 6.10 Å². The van der Waals surface area contributed by atoms with Crippen molar-refractivity contribution in [3.8, 4) is 11.2 Å². The van der Waals surface area contributed by atoms with Crippen LogP contribution in [0.1, 0.15) is 26.2 Å². The standard InChI is InChI=1S/C7H11IOS/c1-7(9)5-3-2-4-6-10-8/h7,9H,2-3,5H2,1H3. The fourth-order valence-corrected chi connectivity index (χ4v) is 1.19. The van der Waals surface area contributed by atoms with Crippen LogP contribution in [-0.2, 0) is 0 Å². The molecule has 58 valence electrons. The van der Waals surface area contributed by atoms with Gasteiger partial charge in [0.1, 0.15) is 0 Å². The van der Waals surface area contributed by atoms with Gasteiger partial charge in [-0.3, -0.25) is 0 Å². The molecule has 0 aromatic heterocycles. The van der Waals surface area contributed by atoms with Crippen LogP contribution in [0.3, 0.4) is 0 Å². The molecule has 1 N–H and O–H groups in total. The third-order valence-corrected chi connectivity index (χ3v) is 1.92. The Morgan fingerprint density at radius 1 is 1.70 bits per heavy atom. The molecule has 0 spiro atoms. The van der Waals surface area contributed by atoms with E-state index in [2.05, 4.69) is 32.4 Å². The van der Waals surface area contributed by atoms with Crippen molar-refractivity contribution in [2.75, 3.05) is 0 Å². The van der Waals surface area contributed by atoms with Crippen molar-refractivity contribution in [2.45, 2.75) is 32.3 Å². The van der Waals surface area contributed by atoms with Crippen molar-refractivity contribution < 1.29 is 5.11 Å². The van der Waals surface area contributed by atoms with Crippen molar-refractivity contribution in [1.82, 2.24) is 0 Å². The lowest BCUT2D eigenvalue weighted by Crippen LogP contribution is -1.97. The Labute approximate surface area is 78.6 Å². The molecule has 1 atom stereocenters. The van der Waals surface area contributed by atoms with Crippen LogP contribution in [0.4, 0.5) is 0 Å². The summed E-state index contributed by atoms with van der Waals surface area (Å²) < 4.78 is 0. The molecule has 0 radical (unpaired) electrons. The van der Waals surface area contributed by atoms with E-state index in [4.69, 9.17) is 5.11 Å². The summed E-state index contributed by atoms with van der Waals surface area (Å²) in [6, 6.07) is 0. The van der Waals surface area contributed by atoms with Crippen molar-refractivity contribution >= 4 is 30.1 Å². The molecule has 3 heteroatoms. The molecule has 10 heavy (non-hydrogen) atoms. The van der Waals surface area contributed by atoms with E-state index >= 15 is 0 Å². The zero-order valence-corrected chi connectivity index (χ0v) is 8.91. The van der Waals surface area contributed by atoms with Gasteiger partial charge >= 0.3 is 0 Å². The van der Waals surface area contributed by atoms with E-state index in [0.29, 0.717) is 0 Å².